The minimum atomic E-state index is -3.17. The van der Waals surface area contributed by atoms with Gasteiger partial charge in [-0.05, 0) is 32.1 Å². The van der Waals surface area contributed by atoms with E-state index in [0.717, 1.165) is 38.8 Å². The quantitative estimate of drug-likeness (QED) is 0.723. The Labute approximate surface area is 103 Å². The van der Waals surface area contributed by atoms with Gasteiger partial charge in [0.25, 0.3) is 0 Å². The summed E-state index contributed by atoms with van der Waals surface area (Å²) < 4.78 is 24.9. The maximum Gasteiger partial charge on any atom is 0.237 e. The number of piperidine rings is 1. The molecule has 2 aliphatic rings. The Balaban J connectivity index is 1.93. The van der Waals surface area contributed by atoms with E-state index in [1.165, 1.54) is 10.7 Å². The molecule has 0 atom stereocenters. The van der Waals surface area contributed by atoms with E-state index in [2.05, 4.69) is 0 Å². The standard InChI is InChI=1S/C11H20N2O3S/c14-11(12-6-2-1-3-7-12)10-13-8-4-5-9-17(13,15)16/h1-10H2. The van der Waals surface area contributed by atoms with Gasteiger partial charge < -0.3 is 4.90 Å². The van der Waals surface area contributed by atoms with E-state index in [4.69, 9.17) is 0 Å². The molecular weight excluding hydrogens is 240 g/mol. The normalized spacial score (nSPS) is 25.8. The van der Waals surface area contributed by atoms with Gasteiger partial charge in [0, 0.05) is 19.6 Å². The van der Waals surface area contributed by atoms with Gasteiger partial charge in [-0.1, -0.05) is 0 Å². The van der Waals surface area contributed by atoms with Crippen LogP contribution in [0.1, 0.15) is 32.1 Å². The number of carbonyl (C=O) groups is 1. The number of rotatable bonds is 2. The molecule has 17 heavy (non-hydrogen) atoms. The lowest BCUT2D eigenvalue weighted by Crippen LogP contribution is -2.47. The largest absolute Gasteiger partial charge is 0.342 e. The molecule has 0 saturated carbocycles. The number of sulfonamides is 1. The van der Waals surface area contributed by atoms with E-state index in [9.17, 15) is 13.2 Å². The zero-order chi connectivity index (χ0) is 12.3. The van der Waals surface area contributed by atoms with Crippen LogP contribution in [0.15, 0.2) is 0 Å². The van der Waals surface area contributed by atoms with Crippen molar-refractivity contribution in [3.63, 3.8) is 0 Å². The summed E-state index contributed by atoms with van der Waals surface area (Å²) in [6.07, 6.45) is 4.84. The van der Waals surface area contributed by atoms with Crippen LogP contribution < -0.4 is 0 Å². The molecule has 0 unspecified atom stereocenters. The van der Waals surface area contributed by atoms with E-state index < -0.39 is 10.0 Å². The predicted molar refractivity (Wildman–Crippen MR) is 65.0 cm³/mol. The molecule has 0 aromatic rings. The van der Waals surface area contributed by atoms with Crippen molar-refractivity contribution < 1.29 is 13.2 Å². The Morgan fingerprint density at radius 2 is 1.59 bits per heavy atom. The maximum absolute atomic E-state index is 12.0. The van der Waals surface area contributed by atoms with Crippen LogP contribution in [0.4, 0.5) is 0 Å². The summed E-state index contributed by atoms with van der Waals surface area (Å²) in [4.78, 5) is 13.8. The van der Waals surface area contributed by atoms with Crippen molar-refractivity contribution in [2.24, 2.45) is 0 Å². The highest BCUT2D eigenvalue weighted by Gasteiger charge is 2.29. The first-order valence-electron chi connectivity index (χ1n) is 6.35. The highest BCUT2D eigenvalue weighted by Crippen LogP contribution is 2.15. The van der Waals surface area contributed by atoms with Gasteiger partial charge in [-0.25, -0.2) is 8.42 Å². The Morgan fingerprint density at radius 3 is 2.24 bits per heavy atom. The summed E-state index contributed by atoms with van der Waals surface area (Å²) in [5.74, 6) is 0.162. The zero-order valence-electron chi connectivity index (χ0n) is 10.1. The summed E-state index contributed by atoms with van der Waals surface area (Å²) in [5.41, 5.74) is 0. The van der Waals surface area contributed by atoms with Crippen LogP contribution in [0.2, 0.25) is 0 Å². The molecule has 0 aromatic heterocycles. The molecule has 0 spiro atoms. The van der Waals surface area contributed by atoms with E-state index in [1.54, 1.807) is 4.90 Å². The number of likely N-dealkylation sites (tertiary alicyclic amines) is 1. The third-order valence-electron chi connectivity index (χ3n) is 3.47. The molecule has 2 aliphatic heterocycles. The topological polar surface area (TPSA) is 57.7 Å². The smallest absolute Gasteiger partial charge is 0.237 e. The van der Waals surface area contributed by atoms with Crippen LogP contribution in [0.5, 0.6) is 0 Å². The monoisotopic (exact) mass is 260 g/mol. The Kier molecular flexibility index (Phi) is 4.04. The molecule has 0 N–H and O–H groups in total. The second-order valence-electron chi connectivity index (χ2n) is 4.80. The molecule has 6 heteroatoms. The molecule has 0 aromatic carbocycles. The summed E-state index contributed by atoms with van der Waals surface area (Å²) >= 11 is 0. The number of nitrogens with zero attached hydrogens (tertiary/aromatic N) is 2. The van der Waals surface area contributed by atoms with Crippen LogP contribution in [0.25, 0.3) is 0 Å². The van der Waals surface area contributed by atoms with E-state index >= 15 is 0 Å². The molecular formula is C11H20N2O3S. The SMILES string of the molecule is O=C(CN1CCCCS1(=O)=O)N1CCCCC1. The number of carbonyl (C=O) groups excluding carboxylic acids is 1. The number of hydrogen-bond acceptors (Lipinski definition) is 3. The highest BCUT2D eigenvalue weighted by molar-refractivity contribution is 7.89. The van der Waals surface area contributed by atoms with E-state index in [-0.39, 0.29) is 18.2 Å². The summed E-state index contributed by atoms with van der Waals surface area (Å²) in [7, 11) is -3.17. The van der Waals surface area contributed by atoms with Gasteiger partial charge >= 0.3 is 0 Å². The van der Waals surface area contributed by atoms with Crippen molar-refractivity contribution in [2.75, 3.05) is 31.9 Å². The molecule has 98 valence electrons. The second kappa shape index (κ2) is 5.35. The van der Waals surface area contributed by atoms with Crippen molar-refractivity contribution >= 4 is 15.9 Å². The molecule has 5 nitrogen and oxygen atoms in total. The third-order valence-corrected chi connectivity index (χ3v) is 5.38. The number of hydrogen-bond donors (Lipinski definition) is 0. The lowest BCUT2D eigenvalue weighted by atomic mass is 10.1. The summed E-state index contributed by atoms with van der Waals surface area (Å²) in [6, 6.07) is 0. The van der Waals surface area contributed by atoms with Gasteiger partial charge in [0.2, 0.25) is 15.9 Å². The Morgan fingerprint density at radius 1 is 0.941 bits per heavy atom. The van der Waals surface area contributed by atoms with Crippen molar-refractivity contribution in [3.05, 3.63) is 0 Å². The first kappa shape index (κ1) is 12.8. The molecule has 2 fully saturated rings. The molecule has 2 heterocycles. The van der Waals surface area contributed by atoms with Crippen LogP contribution in [-0.2, 0) is 14.8 Å². The number of amides is 1. The van der Waals surface area contributed by atoms with Crippen molar-refractivity contribution in [1.29, 1.82) is 0 Å². The lowest BCUT2D eigenvalue weighted by molar-refractivity contribution is -0.132. The molecule has 2 saturated heterocycles. The predicted octanol–water partition coefficient (Wildman–Crippen LogP) is 0.425. The fourth-order valence-corrected chi connectivity index (χ4v) is 3.95. The zero-order valence-corrected chi connectivity index (χ0v) is 10.9. The van der Waals surface area contributed by atoms with Crippen LogP contribution in [-0.4, -0.2) is 55.5 Å². The fourth-order valence-electron chi connectivity index (χ4n) is 2.41. The van der Waals surface area contributed by atoms with Gasteiger partial charge in [-0.2, -0.15) is 4.31 Å². The fraction of sp³-hybridized carbons (Fsp3) is 0.909. The van der Waals surface area contributed by atoms with Crippen molar-refractivity contribution in [3.8, 4) is 0 Å². The first-order chi connectivity index (χ1) is 8.09. The minimum absolute atomic E-state index is 0.0322. The molecule has 0 bridgehead atoms. The maximum atomic E-state index is 12.0. The highest BCUT2D eigenvalue weighted by atomic mass is 32.2. The third kappa shape index (κ3) is 3.19. The Bertz CT molecular complexity index is 374. The lowest BCUT2D eigenvalue weighted by Gasteiger charge is -2.31. The van der Waals surface area contributed by atoms with Crippen molar-refractivity contribution in [2.45, 2.75) is 32.1 Å². The van der Waals surface area contributed by atoms with Gasteiger partial charge in [0.05, 0.1) is 12.3 Å². The summed E-state index contributed by atoms with van der Waals surface area (Å²) in [5, 5.41) is 0. The molecule has 2 rings (SSSR count). The van der Waals surface area contributed by atoms with Gasteiger partial charge in [-0.15, -0.1) is 0 Å². The van der Waals surface area contributed by atoms with Crippen LogP contribution in [0.3, 0.4) is 0 Å². The molecule has 1 amide bonds. The second-order valence-corrected chi connectivity index (χ2v) is 6.89. The van der Waals surface area contributed by atoms with E-state index in [1.807, 2.05) is 0 Å². The Hall–Kier alpha value is -0.620. The van der Waals surface area contributed by atoms with Crippen LogP contribution in [0, 0.1) is 0 Å². The molecule has 0 radical (unpaired) electrons. The first-order valence-corrected chi connectivity index (χ1v) is 7.96. The summed E-state index contributed by atoms with van der Waals surface area (Å²) in [6.45, 7) is 2.11. The average molecular weight is 260 g/mol. The van der Waals surface area contributed by atoms with Crippen molar-refractivity contribution in [1.82, 2.24) is 9.21 Å². The minimum Gasteiger partial charge on any atom is -0.342 e. The van der Waals surface area contributed by atoms with E-state index in [0.29, 0.717) is 6.54 Å². The average Bonchev–Trinajstić information content (AvgIpc) is 2.33. The van der Waals surface area contributed by atoms with Gasteiger partial charge in [-0.3, -0.25) is 4.79 Å². The van der Waals surface area contributed by atoms with Gasteiger partial charge in [0.1, 0.15) is 0 Å². The molecule has 0 aliphatic carbocycles. The van der Waals surface area contributed by atoms with Gasteiger partial charge in [0.15, 0.2) is 0 Å². The van der Waals surface area contributed by atoms with Crippen LogP contribution >= 0.6 is 0 Å².